The van der Waals surface area contributed by atoms with Crippen molar-refractivity contribution < 1.29 is 5.11 Å². The molecule has 0 saturated carbocycles. The number of nitrogens with zero attached hydrogens (tertiary/aromatic N) is 3. The van der Waals surface area contributed by atoms with E-state index in [1.807, 2.05) is 12.1 Å². The van der Waals surface area contributed by atoms with E-state index in [0.717, 1.165) is 50.7 Å². The maximum Gasteiger partial charge on any atom is 0.167 e. The third kappa shape index (κ3) is 7.61. The summed E-state index contributed by atoms with van der Waals surface area (Å²) in [7, 11) is 0. The molecule has 6 nitrogen and oxygen atoms in total. The van der Waals surface area contributed by atoms with E-state index in [4.69, 9.17) is 0 Å². The Morgan fingerprint density at radius 2 is 1.33 bits per heavy atom. The van der Waals surface area contributed by atoms with Crippen molar-refractivity contribution in [1.29, 1.82) is 0 Å². The topological polar surface area (TPSA) is 83.0 Å². The number of unbranched alkanes of at least 4 members (excludes halogenated alkanes) is 2. The molecule has 2 aromatic rings. The summed E-state index contributed by atoms with van der Waals surface area (Å²) >= 11 is 0. The number of nitrogens with one attached hydrogen (secondary N) is 2. The van der Waals surface area contributed by atoms with Crippen molar-refractivity contribution in [3.8, 4) is 17.1 Å². The first-order valence-corrected chi connectivity index (χ1v) is 10.2. The van der Waals surface area contributed by atoms with Gasteiger partial charge >= 0.3 is 0 Å². The molecule has 0 aliphatic heterocycles. The summed E-state index contributed by atoms with van der Waals surface area (Å²) < 4.78 is 0. The molecule has 1 aromatic carbocycles. The lowest BCUT2D eigenvalue weighted by Gasteiger charge is -2.10. The van der Waals surface area contributed by atoms with Gasteiger partial charge in [-0.05, 0) is 38.1 Å². The second kappa shape index (κ2) is 12.4. The van der Waals surface area contributed by atoms with Crippen LogP contribution in [0.3, 0.4) is 0 Å². The molecule has 6 heteroatoms. The van der Waals surface area contributed by atoms with Crippen LogP contribution in [0, 0.1) is 0 Å². The van der Waals surface area contributed by atoms with Crippen LogP contribution in [0.25, 0.3) is 11.4 Å². The molecule has 1 heterocycles. The first-order chi connectivity index (χ1) is 13.2. The van der Waals surface area contributed by atoms with Crippen LogP contribution in [-0.2, 0) is 12.8 Å². The maximum atomic E-state index is 10.2. The largest absolute Gasteiger partial charge is 0.507 e. The van der Waals surface area contributed by atoms with Gasteiger partial charge in [-0.25, -0.2) is 15.0 Å². The first kappa shape index (κ1) is 21.3. The van der Waals surface area contributed by atoms with Crippen molar-refractivity contribution in [3.63, 3.8) is 0 Å². The molecule has 0 aliphatic rings. The predicted octanol–water partition coefficient (Wildman–Crippen LogP) is 3.11. The Kier molecular flexibility index (Phi) is 9.73. The van der Waals surface area contributed by atoms with Gasteiger partial charge in [0.15, 0.2) is 5.82 Å². The van der Waals surface area contributed by atoms with Crippen LogP contribution < -0.4 is 10.6 Å². The van der Waals surface area contributed by atoms with Crippen LogP contribution in [0.1, 0.15) is 51.2 Å². The van der Waals surface area contributed by atoms with Gasteiger partial charge in [0.05, 0.1) is 5.56 Å². The summed E-state index contributed by atoms with van der Waals surface area (Å²) in [6.07, 6.45) is 6.23. The molecule has 0 radical (unpaired) electrons. The van der Waals surface area contributed by atoms with Crippen molar-refractivity contribution >= 4 is 0 Å². The molecule has 148 valence electrons. The Bertz CT molecular complexity index is 645. The fourth-order valence-corrected chi connectivity index (χ4v) is 2.73. The quantitative estimate of drug-likeness (QED) is 0.469. The number of rotatable bonds is 13. The lowest BCUT2D eigenvalue weighted by Crippen LogP contribution is -2.21. The minimum atomic E-state index is 0.197. The number of phenolic OH excluding ortho intramolecular Hbond substituents is 1. The first-order valence-electron chi connectivity index (χ1n) is 10.2. The fourth-order valence-electron chi connectivity index (χ4n) is 2.73. The molecule has 2 rings (SSSR count). The van der Waals surface area contributed by atoms with Crippen LogP contribution in [0.2, 0.25) is 0 Å². The van der Waals surface area contributed by atoms with Gasteiger partial charge in [-0.15, -0.1) is 0 Å². The third-order valence-corrected chi connectivity index (χ3v) is 4.34. The van der Waals surface area contributed by atoms with Crippen molar-refractivity contribution in [2.75, 3.05) is 26.2 Å². The average Bonchev–Trinajstić information content (AvgIpc) is 2.68. The highest BCUT2D eigenvalue weighted by molar-refractivity contribution is 5.63. The SMILES string of the molecule is CCCCNCCc1nc(CCNCCCC)nc(-c2ccccc2O)n1. The summed E-state index contributed by atoms with van der Waals surface area (Å²) in [6, 6.07) is 7.20. The number of benzene rings is 1. The zero-order valence-corrected chi connectivity index (χ0v) is 16.7. The molecule has 1 aromatic heterocycles. The summed E-state index contributed by atoms with van der Waals surface area (Å²) in [5.74, 6) is 2.30. The highest BCUT2D eigenvalue weighted by atomic mass is 16.3. The number of hydrogen-bond donors (Lipinski definition) is 3. The van der Waals surface area contributed by atoms with Crippen LogP contribution >= 0.6 is 0 Å². The Hall–Kier alpha value is -2.05. The molecule has 0 amide bonds. The van der Waals surface area contributed by atoms with Crippen LogP contribution in [0.5, 0.6) is 5.75 Å². The van der Waals surface area contributed by atoms with Gasteiger partial charge in [0.2, 0.25) is 0 Å². The van der Waals surface area contributed by atoms with Gasteiger partial charge in [-0.1, -0.05) is 38.8 Å². The van der Waals surface area contributed by atoms with Gasteiger partial charge in [0.25, 0.3) is 0 Å². The number of phenols is 1. The van der Waals surface area contributed by atoms with Gasteiger partial charge in [0, 0.05) is 25.9 Å². The van der Waals surface area contributed by atoms with E-state index in [-0.39, 0.29) is 5.75 Å². The molecule has 0 atom stereocenters. The molecule has 0 unspecified atom stereocenters. The lowest BCUT2D eigenvalue weighted by atomic mass is 10.2. The van der Waals surface area contributed by atoms with Gasteiger partial charge < -0.3 is 15.7 Å². The minimum Gasteiger partial charge on any atom is -0.507 e. The second-order valence-electron chi connectivity index (χ2n) is 6.72. The van der Waals surface area contributed by atoms with Crippen LogP contribution in [0.4, 0.5) is 0 Å². The second-order valence-corrected chi connectivity index (χ2v) is 6.72. The summed E-state index contributed by atoms with van der Waals surface area (Å²) in [6.45, 7) is 8.10. The number of aromatic nitrogens is 3. The van der Waals surface area contributed by atoms with Gasteiger partial charge in [0.1, 0.15) is 17.4 Å². The molecular formula is C21H33N5O. The highest BCUT2D eigenvalue weighted by Gasteiger charge is 2.11. The third-order valence-electron chi connectivity index (χ3n) is 4.34. The fraction of sp³-hybridized carbons (Fsp3) is 0.571. The zero-order chi connectivity index (χ0) is 19.3. The van der Waals surface area contributed by atoms with Gasteiger partial charge in [-0.2, -0.15) is 0 Å². The highest BCUT2D eigenvalue weighted by Crippen LogP contribution is 2.25. The van der Waals surface area contributed by atoms with Crippen molar-refractivity contribution in [2.24, 2.45) is 0 Å². The Balaban J connectivity index is 2.08. The number of hydrogen-bond acceptors (Lipinski definition) is 6. The van der Waals surface area contributed by atoms with Crippen molar-refractivity contribution in [1.82, 2.24) is 25.6 Å². The predicted molar refractivity (Wildman–Crippen MR) is 110 cm³/mol. The lowest BCUT2D eigenvalue weighted by molar-refractivity contribution is 0.476. The number of para-hydroxylation sites is 1. The van der Waals surface area contributed by atoms with Crippen LogP contribution in [0.15, 0.2) is 24.3 Å². The minimum absolute atomic E-state index is 0.197. The van der Waals surface area contributed by atoms with Crippen molar-refractivity contribution in [2.45, 2.75) is 52.4 Å². The van der Waals surface area contributed by atoms with E-state index in [1.165, 1.54) is 25.7 Å². The molecule has 0 saturated heterocycles. The Labute approximate surface area is 162 Å². The average molecular weight is 372 g/mol. The van der Waals surface area contributed by atoms with E-state index in [9.17, 15) is 5.11 Å². The Morgan fingerprint density at radius 1 is 0.778 bits per heavy atom. The van der Waals surface area contributed by atoms with Crippen molar-refractivity contribution in [3.05, 3.63) is 35.9 Å². The maximum absolute atomic E-state index is 10.2. The molecule has 0 aliphatic carbocycles. The summed E-state index contributed by atoms with van der Waals surface area (Å²) in [5.41, 5.74) is 0.653. The molecule has 3 N–H and O–H groups in total. The molecular weight excluding hydrogens is 338 g/mol. The summed E-state index contributed by atoms with van der Waals surface area (Å²) in [4.78, 5) is 13.8. The van der Waals surface area contributed by atoms with E-state index in [2.05, 4.69) is 39.4 Å². The van der Waals surface area contributed by atoms with E-state index in [0.29, 0.717) is 11.4 Å². The Morgan fingerprint density at radius 3 is 1.85 bits per heavy atom. The molecule has 0 fully saturated rings. The smallest absolute Gasteiger partial charge is 0.167 e. The molecule has 27 heavy (non-hydrogen) atoms. The van der Waals surface area contributed by atoms with E-state index >= 15 is 0 Å². The zero-order valence-electron chi connectivity index (χ0n) is 16.7. The number of aromatic hydroxyl groups is 1. The molecule has 0 spiro atoms. The monoisotopic (exact) mass is 371 g/mol. The normalized spacial score (nSPS) is 11.0. The molecule has 0 bridgehead atoms. The van der Waals surface area contributed by atoms with Gasteiger partial charge in [-0.3, -0.25) is 0 Å². The van der Waals surface area contributed by atoms with Crippen LogP contribution in [-0.4, -0.2) is 46.2 Å². The van der Waals surface area contributed by atoms with E-state index < -0.39 is 0 Å². The summed E-state index contributed by atoms with van der Waals surface area (Å²) in [5, 5.41) is 17.0. The van der Waals surface area contributed by atoms with E-state index in [1.54, 1.807) is 12.1 Å². The standard InChI is InChI=1S/C21H33N5O/c1-3-5-13-22-15-11-19-24-20(12-16-23-14-6-4-2)26-21(25-19)17-9-7-8-10-18(17)27/h7-10,22-23,27H,3-6,11-16H2,1-2H3.